The fourth-order valence-corrected chi connectivity index (χ4v) is 3.99. The highest BCUT2D eigenvalue weighted by Gasteiger charge is 2.16. The highest BCUT2D eigenvalue weighted by molar-refractivity contribution is 6.04. The molecular weight excluding hydrogens is 376 g/mol. The summed E-state index contributed by atoms with van der Waals surface area (Å²) < 4.78 is 11.6. The topological polar surface area (TPSA) is 59.5 Å². The third-order valence-electron chi connectivity index (χ3n) is 5.61. The van der Waals surface area contributed by atoms with Gasteiger partial charge >= 0.3 is 5.63 Å². The number of hydrogen-bond acceptors (Lipinski definition) is 5. The van der Waals surface area contributed by atoms with Gasteiger partial charge in [0, 0.05) is 35.6 Å². The molecule has 0 atom stereocenters. The SMILES string of the molecule is CCN(CC)c1ccc2cc(-c3nc4c(ccc5cc(C)ccc54)o3)c(=O)oc2c1. The van der Waals surface area contributed by atoms with Crippen LogP contribution in [0.5, 0.6) is 0 Å². The van der Waals surface area contributed by atoms with E-state index in [1.807, 2.05) is 42.5 Å². The van der Waals surface area contributed by atoms with Gasteiger partial charge in [-0.05, 0) is 50.4 Å². The molecule has 0 N–H and O–H groups in total. The van der Waals surface area contributed by atoms with Gasteiger partial charge in [-0.3, -0.25) is 0 Å². The van der Waals surface area contributed by atoms with Crippen LogP contribution >= 0.6 is 0 Å². The van der Waals surface area contributed by atoms with Crippen molar-refractivity contribution in [1.29, 1.82) is 0 Å². The van der Waals surface area contributed by atoms with E-state index in [1.54, 1.807) is 6.07 Å². The molecule has 0 saturated carbocycles. The Labute approximate surface area is 173 Å². The van der Waals surface area contributed by atoms with Gasteiger partial charge < -0.3 is 13.7 Å². The zero-order valence-corrected chi connectivity index (χ0v) is 17.2. The summed E-state index contributed by atoms with van der Waals surface area (Å²) in [7, 11) is 0. The molecule has 0 aliphatic carbocycles. The second kappa shape index (κ2) is 7.02. The van der Waals surface area contributed by atoms with Crippen molar-refractivity contribution in [2.75, 3.05) is 18.0 Å². The number of nitrogens with zero attached hydrogens (tertiary/aromatic N) is 2. The first-order valence-corrected chi connectivity index (χ1v) is 10.2. The standard InChI is InChI=1S/C25H22N2O3/c1-4-27(5-2)18-9-7-17-13-20(25(28)30-22(17)14-18)24-26-23-19-10-6-15(3)12-16(19)8-11-21(23)29-24/h6-14H,4-5H2,1-3H3. The smallest absolute Gasteiger partial charge is 0.349 e. The van der Waals surface area contributed by atoms with Crippen LogP contribution in [0.15, 0.2) is 68.2 Å². The first-order valence-electron chi connectivity index (χ1n) is 10.2. The largest absolute Gasteiger partial charge is 0.436 e. The lowest BCUT2D eigenvalue weighted by Crippen LogP contribution is -2.21. The molecule has 150 valence electrons. The fourth-order valence-electron chi connectivity index (χ4n) is 3.99. The Kier molecular flexibility index (Phi) is 4.31. The van der Waals surface area contributed by atoms with Gasteiger partial charge in [0.25, 0.3) is 0 Å². The highest BCUT2D eigenvalue weighted by atomic mass is 16.4. The van der Waals surface area contributed by atoms with Gasteiger partial charge in [-0.2, -0.15) is 0 Å². The summed E-state index contributed by atoms with van der Waals surface area (Å²) in [6.45, 7) is 8.04. The van der Waals surface area contributed by atoms with Gasteiger partial charge in [0.1, 0.15) is 16.7 Å². The molecular formula is C25H22N2O3. The molecule has 5 nitrogen and oxygen atoms in total. The maximum absolute atomic E-state index is 12.8. The zero-order chi connectivity index (χ0) is 20.8. The van der Waals surface area contributed by atoms with Crippen LogP contribution in [-0.2, 0) is 0 Å². The second-order valence-electron chi connectivity index (χ2n) is 7.50. The monoisotopic (exact) mass is 398 g/mol. The zero-order valence-electron chi connectivity index (χ0n) is 17.2. The Morgan fingerprint density at radius 2 is 1.67 bits per heavy atom. The molecule has 0 spiro atoms. The van der Waals surface area contributed by atoms with Crippen molar-refractivity contribution in [2.24, 2.45) is 0 Å². The Morgan fingerprint density at radius 3 is 2.47 bits per heavy atom. The van der Waals surface area contributed by atoms with E-state index in [-0.39, 0.29) is 5.89 Å². The third kappa shape index (κ3) is 2.94. The second-order valence-corrected chi connectivity index (χ2v) is 7.50. The number of aryl methyl sites for hydroxylation is 1. The van der Waals surface area contributed by atoms with E-state index in [9.17, 15) is 4.79 Å². The van der Waals surface area contributed by atoms with Crippen LogP contribution in [0.4, 0.5) is 5.69 Å². The van der Waals surface area contributed by atoms with Crippen molar-refractivity contribution in [1.82, 2.24) is 4.98 Å². The quantitative estimate of drug-likeness (QED) is 0.352. The molecule has 2 aromatic heterocycles. The fraction of sp³-hybridized carbons (Fsp3) is 0.200. The van der Waals surface area contributed by atoms with Crippen LogP contribution < -0.4 is 10.5 Å². The Hall–Kier alpha value is -3.60. The van der Waals surface area contributed by atoms with E-state index in [4.69, 9.17) is 8.83 Å². The molecule has 5 aromatic rings. The van der Waals surface area contributed by atoms with Crippen LogP contribution in [-0.4, -0.2) is 18.1 Å². The normalized spacial score (nSPS) is 11.6. The average Bonchev–Trinajstić information content (AvgIpc) is 3.18. The van der Waals surface area contributed by atoms with Gasteiger partial charge in [-0.1, -0.05) is 29.8 Å². The van der Waals surface area contributed by atoms with Crippen molar-refractivity contribution >= 4 is 38.5 Å². The van der Waals surface area contributed by atoms with E-state index in [2.05, 4.69) is 36.7 Å². The number of rotatable bonds is 4. The van der Waals surface area contributed by atoms with Gasteiger partial charge in [0.2, 0.25) is 5.89 Å². The van der Waals surface area contributed by atoms with Crippen LogP contribution in [0.2, 0.25) is 0 Å². The van der Waals surface area contributed by atoms with Crippen molar-refractivity contribution < 1.29 is 8.83 Å². The van der Waals surface area contributed by atoms with E-state index >= 15 is 0 Å². The minimum atomic E-state index is -0.453. The highest BCUT2D eigenvalue weighted by Crippen LogP contribution is 2.31. The number of oxazole rings is 1. The van der Waals surface area contributed by atoms with Crippen LogP contribution in [0.3, 0.4) is 0 Å². The molecule has 3 aromatic carbocycles. The number of aromatic nitrogens is 1. The molecule has 0 amide bonds. The van der Waals surface area contributed by atoms with Crippen molar-refractivity contribution in [2.45, 2.75) is 20.8 Å². The van der Waals surface area contributed by atoms with E-state index in [0.717, 1.165) is 40.5 Å². The Balaban J connectivity index is 1.66. The molecule has 0 aliphatic heterocycles. The molecule has 0 unspecified atom stereocenters. The van der Waals surface area contributed by atoms with Crippen LogP contribution in [0.25, 0.3) is 44.3 Å². The summed E-state index contributed by atoms with van der Waals surface area (Å²) in [5, 5.41) is 2.93. The van der Waals surface area contributed by atoms with Crippen molar-refractivity contribution in [3.05, 3.63) is 70.6 Å². The minimum Gasteiger partial charge on any atom is -0.436 e. The van der Waals surface area contributed by atoms with Gasteiger partial charge in [-0.15, -0.1) is 0 Å². The maximum atomic E-state index is 12.8. The summed E-state index contributed by atoms with van der Waals surface area (Å²) in [6.07, 6.45) is 0. The molecule has 0 fully saturated rings. The number of anilines is 1. The molecule has 5 rings (SSSR count). The van der Waals surface area contributed by atoms with Gasteiger partial charge in [-0.25, -0.2) is 9.78 Å². The van der Waals surface area contributed by atoms with E-state index in [1.165, 1.54) is 5.56 Å². The molecule has 30 heavy (non-hydrogen) atoms. The summed E-state index contributed by atoms with van der Waals surface area (Å²) >= 11 is 0. The predicted octanol–water partition coefficient (Wildman–Crippen LogP) is 5.91. The first kappa shape index (κ1) is 18.4. The number of benzene rings is 3. The molecule has 2 heterocycles. The summed E-state index contributed by atoms with van der Waals surface area (Å²) in [5.74, 6) is 0.279. The molecule has 5 heteroatoms. The average molecular weight is 398 g/mol. The molecule has 0 bridgehead atoms. The third-order valence-corrected chi connectivity index (χ3v) is 5.61. The van der Waals surface area contributed by atoms with E-state index < -0.39 is 5.63 Å². The van der Waals surface area contributed by atoms with Gasteiger partial charge in [0.05, 0.1) is 0 Å². The minimum absolute atomic E-state index is 0.279. The predicted molar refractivity (Wildman–Crippen MR) is 121 cm³/mol. The maximum Gasteiger partial charge on any atom is 0.349 e. The Bertz CT molecular complexity index is 1460. The summed E-state index contributed by atoms with van der Waals surface area (Å²) in [6, 6.07) is 17.8. The lowest BCUT2D eigenvalue weighted by Gasteiger charge is -2.20. The molecule has 0 radical (unpaired) electrons. The lowest BCUT2D eigenvalue weighted by atomic mass is 10.1. The molecule has 0 saturated heterocycles. The van der Waals surface area contributed by atoms with Crippen LogP contribution in [0.1, 0.15) is 19.4 Å². The van der Waals surface area contributed by atoms with E-state index in [0.29, 0.717) is 16.7 Å². The summed E-state index contributed by atoms with van der Waals surface area (Å²) in [5.41, 5.74) is 4.05. The first-order chi connectivity index (χ1) is 14.6. The van der Waals surface area contributed by atoms with Crippen LogP contribution in [0, 0.1) is 6.92 Å². The number of hydrogen-bond donors (Lipinski definition) is 0. The van der Waals surface area contributed by atoms with Crippen molar-refractivity contribution in [3.63, 3.8) is 0 Å². The van der Waals surface area contributed by atoms with Gasteiger partial charge in [0.15, 0.2) is 5.58 Å². The Morgan fingerprint density at radius 1 is 0.867 bits per heavy atom. The summed E-state index contributed by atoms with van der Waals surface area (Å²) in [4.78, 5) is 19.6. The lowest BCUT2D eigenvalue weighted by molar-refractivity contribution is 0.553. The van der Waals surface area contributed by atoms with Crippen molar-refractivity contribution in [3.8, 4) is 11.5 Å². The molecule has 0 aliphatic rings. The number of fused-ring (bicyclic) bond motifs is 4.